The van der Waals surface area contributed by atoms with Crippen molar-refractivity contribution in [1.82, 2.24) is 4.90 Å². The van der Waals surface area contributed by atoms with Gasteiger partial charge in [0, 0.05) is 17.8 Å². The first-order valence-corrected chi connectivity index (χ1v) is 8.12. The molecule has 0 aromatic carbocycles. The number of nitrogens with two attached hydrogens (primary N) is 1. The molecule has 116 valence electrons. The number of nitrogens with zero attached hydrogens (tertiary/aromatic N) is 1. The second-order valence-corrected chi connectivity index (χ2v) is 7.63. The number of carbonyl (C=O) groups is 2. The highest BCUT2D eigenvalue weighted by Crippen LogP contribution is 2.28. The zero-order valence-electron chi connectivity index (χ0n) is 12.6. The topological polar surface area (TPSA) is 83.6 Å². The standard InChI is InChI=1S/C14H26N2O3S/c1-14(2,12(15)13(18)19)20-9-11(17)16(3)10-7-5-4-6-8-10/h10,12H,4-9,15H2,1-3H3,(H,18,19)/t12-/m0/s1. The predicted molar refractivity (Wildman–Crippen MR) is 81.8 cm³/mol. The molecule has 0 heterocycles. The lowest BCUT2D eigenvalue weighted by Gasteiger charge is -2.33. The zero-order chi connectivity index (χ0) is 15.3. The van der Waals surface area contributed by atoms with Gasteiger partial charge in [0.1, 0.15) is 6.04 Å². The molecule has 1 atom stereocenters. The van der Waals surface area contributed by atoms with Crippen molar-refractivity contribution in [2.75, 3.05) is 12.8 Å². The van der Waals surface area contributed by atoms with Gasteiger partial charge in [0.25, 0.3) is 0 Å². The fourth-order valence-corrected chi connectivity index (χ4v) is 3.39. The van der Waals surface area contributed by atoms with E-state index in [2.05, 4.69) is 0 Å². The van der Waals surface area contributed by atoms with E-state index >= 15 is 0 Å². The minimum absolute atomic E-state index is 0.0626. The molecular formula is C14H26N2O3S. The summed E-state index contributed by atoms with van der Waals surface area (Å²) in [6.45, 7) is 3.54. The summed E-state index contributed by atoms with van der Waals surface area (Å²) >= 11 is 1.32. The number of carbonyl (C=O) groups excluding carboxylic acids is 1. The molecule has 0 aromatic heterocycles. The number of amides is 1. The van der Waals surface area contributed by atoms with Crippen LogP contribution in [0, 0.1) is 0 Å². The summed E-state index contributed by atoms with van der Waals surface area (Å²) in [5, 5.41) is 8.96. The fraction of sp³-hybridized carbons (Fsp3) is 0.857. The highest BCUT2D eigenvalue weighted by atomic mass is 32.2. The molecular weight excluding hydrogens is 276 g/mol. The first-order chi connectivity index (χ1) is 9.25. The Morgan fingerprint density at radius 3 is 2.40 bits per heavy atom. The van der Waals surface area contributed by atoms with Gasteiger partial charge >= 0.3 is 5.97 Å². The van der Waals surface area contributed by atoms with E-state index < -0.39 is 16.8 Å². The molecule has 0 spiro atoms. The first-order valence-electron chi connectivity index (χ1n) is 7.13. The number of carboxylic acid groups (broad SMARTS) is 1. The Bertz CT molecular complexity index is 354. The van der Waals surface area contributed by atoms with Crippen LogP contribution in [0.1, 0.15) is 46.0 Å². The van der Waals surface area contributed by atoms with Crippen LogP contribution >= 0.6 is 11.8 Å². The third-order valence-electron chi connectivity index (χ3n) is 4.10. The van der Waals surface area contributed by atoms with Crippen LogP contribution in [-0.4, -0.2) is 51.5 Å². The largest absolute Gasteiger partial charge is 0.480 e. The van der Waals surface area contributed by atoms with Gasteiger partial charge < -0.3 is 15.7 Å². The van der Waals surface area contributed by atoms with E-state index in [0.29, 0.717) is 6.04 Å². The van der Waals surface area contributed by atoms with Crippen LogP contribution in [0.15, 0.2) is 0 Å². The van der Waals surface area contributed by atoms with Gasteiger partial charge in [0.15, 0.2) is 0 Å². The summed E-state index contributed by atoms with van der Waals surface area (Å²) in [6, 6.07) is -0.631. The molecule has 0 unspecified atom stereocenters. The van der Waals surface area contributed by atoms with E-state index in [0.717, 1.165) is 12.8 Å². The molecule has 6 heteroatoms. The molecule has 0 bridgehead atoms. The molecule has 20 heavy (non-hydrogen) atoms. The molecule has 1 fully saturated rings. The number of hydrogen-bond acceptors (Lipinski definition) is 4. The van der Waals surface area contributed by atoms with Crippen LogP contribution in [0.3, 0.4) is 0 Å². The van der Waals surface area contributed by atoms with Crippen molar-refractivity contribution in [3.05, 3.63) is 0 Å². The van der Waals surface area contributed by atoms with Crippen LogP contribution in [0.25, 0.3) is 0 Å². The van der Waals surface area contributed by atoms with Crippen molar-refractivity contribution < 1.29 is 14.7 Å². The van der Waals surface area contributed by atoms with E-state index in [1.54, 1.807) is 13.8 Å². The van der Waals surface area contributed by atoms with E-state index in [1.807, 2.05) is 11.9 Å². The molecule has 1 amide bonds. The maximum atomic E-state index is 12.2. The van der Waals surface area contributed by atoms with Crippen molar-refractivity contribution in [2.24, 2.45) is 5.73 Å². The molecule has 0 aromatic rings. The fourth-order valence-electron chi connectivity index (χ4n) is 2.41. The van der Waals surface area contributed by atoms with Crippen LogP contribution in [0.4, 0.5) is 0 Å². The van der Waals surface area contributed by atoms with E-state index in [-0.39, 0.29) is 11.7 Å². The summed E-state index contributed by atoms with van der Waals surface area (Å²) in [7, 11) is 1.85. The summed E-state index contributed by atoms with van der Waals surface area (Å²) in [6.07, 6.45) is 5.78. The highest BCUT2D eigenvalue weighted by Gasteiger charge is 2.34. The quantitative estimate of drug-likeness (QED) is 0.780. The van der Waals surface area contributed by atoms with E-state index in [9.17, 15) is 9.59 Å². The van der Waals surface area contributed by atoms with Gasteiger partial charge in [-0.15, -0.1) is 11.8 Å². The first kappa shape index (κ1) is 17.3. The molecule has 0 aliphatic heterocycles. The lowest BCUT2D eigenvalue weighted by atomic mass is 9.94. The number of hydrogen-bond donors (Lipinski definition) is 2. The monoisotopic (exact) mass is 302 g/mol. The normalized spacial score (nSPS) is 18.6. The Hall–Kier alpha value is -0.750. The maximum absolute atomic E-state index is 12.2. The predicted octanol–water partition coefficient (Wildman–Crippen LogP) is 1.70. The van der Waals surface area contributed by atoms with Gasteiger partial charge in [-0.3, -0.25) is 9.59 Å². The van der Waals surface area contributed by atoms with Crippen LogP contribution in [0.2, 0.25) is 0 Å². The average molecular weight is 302 g/mol. The van der Waals surface area contributed by atoms with E-state index in [1.165, 1.54) is 31.0 Å². The Kier molecular flexibility index (Phi) is 6.33. The molecule has 0 radical (unpaired) electrons. The van der Waals surface area contributed by atoms with Gasteiger partial charge in [-0.1, -0.05) is 19.3 Å². The van der Waals surface area contributed by atoms with Gasteiger partial charge in [-0.25, -0.2) is 0 Å². The van der Waals surface area contributed by atoms with Crippen LogP contribution < -0.4 is 5.73 Å². The molecule has 3 N–H and O–H groups in total. The van der Waals surface area contributed by atoms with Crippen molar-refractivity contribution in [3.8, 4) is 0 Å². The van der Waals surface area contributed by atoms with Crippen molar-refractivity contribution in [2.45, 2.75) is 62.8 Å². The second-order valence-electron chi connectivity index (χ2n) is 6.00. The molecule has 0 saturated heterocycles. The number of thioether (sulfide) groups is 1. The molecule has 1 aliphatic rings. The third kappa shape index (κ3) is 4.66. The van der Waals surface area contributed by atoms with E-state index in [4.69, 9.17) is 10.8 Å². The van der Waals surface area contributed by atoms with Crippen LogP contribution in [-0.2, 0) is 9.59 Å². The minimum Gasteiger partial charge on any atom is -0.480 e. The molecule has 1 saturated carbocycles. The number of rotatable bonds is 6. The van der Waals surface area contributed by atoms with Crippen molar-refractivity contribution in [3.63, 3.8) is 0 Å². The molecule has 1 aliphatic carbocycles. The summed E-state index contributed by atoms with van der Waals surface area (Å²) in [4.78, 5) is 25.0. The summed E-state index contributed by atoms with van der Waals surface area (Å²) < 4.78 is -0.658. The van der Waals surface area contributed by atoms with Gasteiger partial charge in [0.2, 0.25) is 5.91 Å². The zero-order valence-corrected chi connectivity index (χ0v) is 13.4. The number of aliphatic carboxylic acids is 1. The van der Waals surface area contributed by atoms with Gasteiger partial charge in [0.05, 0.1) is 5.75 Å². The Morgan fingerprint density at radius 1 is 1.35 bits per heavy atom. The summed E-state index contributed by atoms with van der Waals surface area (Å²) in [5.74, 6) is -0.691. The van der Waals surface area contributed by atoms with Crippen molar-refractivity contribution >= 4 is 23.6 Å². The second kappa shape index (κ2) is 7.31. The SMILES string of the molecule is CN(C(=O)CSC(C)(C)[C@@H](N)C(=O)O)C1CCCCC1. The lowest BCUT2D eigenvalue weighted by Crippen LogP contribution is -2.48. The Morgan fingerprint density at radius 2 is 1.90 bits per heavy atom. The number of carboxylic acids is 1. The lowest BCUT2D eigenvalue weighted by molar-refractivity contribution is -0.139. The van der Waals surface area contributed by atoms with Crippen molar-refractivity contribution in [1.29, 1.82) is 0 Å². The average Bonchev–Trinajstić information content (AvgIpc) is 2.44. The smallest absolute Gasteiger partial charge is 0.321 e. The highest BCUT2D eigenvalue weighted by molar-refractivity contribution is 8.01. The minimum atomic E-state index is -1.03. The van der Waals surface area contributed by atoms with Gasteiger partial charge in [-0.05, 0) is 26.7 Å². The maximum Gasteiger partial charge on any atom is 0.321 e. The Balaban J connectivity index is 2.47. The third-order valence-corrected chi connectivity index (χ3v) is 5.49. The molecule has 5 nitrogen and oxygen atoms in total. The molecule has 1 rings (SSSR count). The van der Waals surface area contributed by atoms with Gasteiger partial charge in [-0.2, -0.15) is 0 Å². The Labute approximate surface area is 125 Å². The summed E-state index contributed by atoms with van der Waals surface area (Å²) in [5.41, 5.74) is 5.65. The van der Waals surface area contributed by atoms with Crippen LogP contribution in [0.5, 0.6) is 0 Å².